The van der Waals surface area contributed by atoms with Gasteiger partial charge in [0.2, 0.25) is 5.95 Å². The second-order valence-electron chi connectivity index (χ2n) is 4.01. The number of hydrogen-bond donors (Lipinski definition) is 1. The Morgan fingerprint density at radius 1 is 1.11 bits per heavy atom. The molecule has 6 heteroatoms. The molecule has 3 rings (SSSR count). The van der Waals surface area contributed by atoms with Crippen molar-refractivity contribution in [2.45, 2.75) is 0 Å². The normalized spacial score (nSPS) is 11.1. The fourth-order valence-corrected chi connectivity index (χ4v) is 2.81. The highest BCUT2D eigenvalue weighted by molar-refractivity contribution is 9.10. The molecule has 0 unspecified atom stereocenters. The van der Waals surface area contributed by atoms with Crippen LogP contribution in [0.4, 0.5) is 5.95 Å². The van der Waals surface area contributed by atoms with Gasteiger partial charge in [0.1, 0.15) is 0 Å². The number of halogens is 3. The summed E-state index contributed by atoms with van der Waals surface area (Å²) in [6.07, 6.45) is 0. The lowest BCUT2D eigenvalue weighted by atomic mass is 10.3. The Bertz CT molecular complexity index is 783. The number of nitrogen functional groups attached to an aromatic ring is 1. The van der Waals surface area contributed by atoms with Crippen LogP contribution in [0.3, 0.4) is 0 Å². The van der Waals surface area contributed by atoms with Crippen molar-refractivity contribution in [1.82, 2.24) is 9.55 Å². The van der Waals surface area contributed by atoms with Crippen LogP contribution in [0.5, 0.6) is 0 Å². The average Bonchev–Trinajstić information content (AvgIpc) is 2.70. The summed E-state index contributed by atoms with van der Waals surface area (Å²) >= 11 is 15.9. The van der Waals surface area contributed by atoms with Gasteiger partial charge in [-0.15, -0.1) is 0 Å². The van der Waals surface area contributed by atoms with Crippen LogP contribution >= 0.6 is 39.1 Å². The molecule has 0 aliphatic heterocycles. The van der Waals surface area contributed by atoms with Gasteiger partial charge in [0.15, 0.2) is 0 Å². The maximum Gasteiger partial charge on any atom is 0.206 e. The molecule has 96 valence electrons. The van der Waals surface area contributed by atoms with E-state index in [1.54, 1.807) is 16.7 Å². The zero-order chi connectivity index (χ0) is 13.6. The van der Waals surface area contributed by atoms with Gasteiger partial charge in [-0.05, 0) is 30.3 Å². The van der Waals surface area contributed by atoms with Gasteiger partial charge in [-0.25, -0.2) is 4.98 Å². The third-order valence-corrected chi connectivity index (χ3v) is 3.92. The summed E-state index contributed by atoms with van der Waals surface area (Å²) in [5.41, 5.74) is 8.22. The van der Waals surface area contributed by atoms with E-state index in [-0.39, 0.29) is 0 Å². The van der Waals surface area contributed by atoms with E-state index in [1.165, 1.54) is 0 Å². The monoisotopic (exact) mass is 355 g/mol. The van der Waals surface area contributed by atoms with Gasteiger partial charge in [0, 0.05) is 4.47 Å². The van der Waals surface area contributed by atoms with Gasteiger partial charge in [-0.1, -0.05) is 45.2 Å². The zero-order valence-corrected chi connectivity index (χ0v) is 12.7. The number of para-hydroxylation sites is 1. The Morgan fingerprint density at radius 3 is 2.68 bits per heavy atom. The largest absolute Gasteiger partial charge is 0.369 e. The first kappa shape index (κ1) is 12.8. The Morgan fingerprint density at radius 2 is 1.89 bits per heavy atom. The lowest BCUT2D eigenvalue weighted by molar-refractivity contribution is 1.11. The number of benzene rings is 2. The molecule has 0 spiro atoms. The highest BCUT2D eigenvalue weighted by Crippen LogP contribution is 2.33. The summed E-state index contributed by atoms with van der Waals surface area (Å²) in [6, 6.07) is 11.0. The molecule has 0 bridgehead atoms. The fraction of sp³-hybridized carbons (Fsp3) is 0. The van der Waals surface area contributed by atoms with Crippen molar-refractivity contribution in [3.63, 3.8) is 0 Å². The summed E-state index contributed by atoms with van der Waals surface area (Å²) in [4.78, 5) is 4.30. The zero-order valence-electron chi connectivity index (χ0n) is 9.57. The number of aromatic nitrogens is 2. The minimum absolute atomic E-state index is 0.350. The Balaban J connectivity index is 2.42. The van der Waals surface area contributed by atoms with E-state index < -0.39 is 0 Å². The number of nitrogens with zero attached hydrogens (tertiary/aromatic N) is 2. The van der Waals surface area contributed by atoms with Crippen LogP contribution < -0.4 is 5.73 Å². The molecule has 1 heterocycles. The third-order valence-electron chi connectivity index (χ3n) is 2.80. The molecule has 2 aromatic carbocycles. The fourth-order valence-electron chi connectivity index (χ4n) is 2.00. The van der Waals surface area contributed by atoms with Crippen molar-refractivity contribution in [2.24, 2.45) is 0 Å². The standard InChI is InChI=1S/C13H8BrCl2N3/c14-7-4-5-8(15)11(6-7)19-12-9(16)2-1-3-10(12)18-13(19)17/h1-6H,(H2,17,18). The quantitative estimate of drug-likeness (QED) is 0.688. The maximum absolute atomic E-state index is 6.25. The summed E-state index contributed by atoms with van der Waals surface area (Å²) in [5.74, 6) is 0.350. The van der Waals surface area contributed by atoms with Crippen LogP contribution in [0.15, 0.2) is 40.9 Å². The van der Waals surface area contributed by atoms with Gasteiger partial charge in [-0.3, -0.25) is 4.57 Å². The molecule has 0 aliphatic carbocycles. The molecule has 3 aromatic rings. The third kappa shape index (κ3) is 2.10. The van der Waals surface area contributed by atoms with Crippen LogP contribution in [0.25, 0.3) is 16.7 Å². The van der Waals surface area contributed by atoms with Gasteiger partial charge < -0.3 is 5.73 Å². The number of fused-ring (bicyclic) bond motifs is 1. The molecule has 19 heavy (non-hydrogen) atoms. The number of anilines is 1. The van der Waals surface area contributed by atoms with E-state index in [4.69, 9.17) is 28.9 Å². The number of rotatable bonds is 1. The van der Waals surface area contributed by atoms with E-state index in [1.807, 2.05) is 24.3 Å². The summed E-state index contributed by atoms with van der Waals surface area (Å²) in [6.45, 7) is 0. The second-order valence-corrected chi connectivity index (χ2v) is 5.74. The topological polar surface area (TPSA) is 43.8 Å². The first-order valence-corrected chi connectivity index (χ1v) is 7.00. The molecule has 0 atom stereocenters. The molecule has 0 saturated heterocycles. The van der Waals surface area contributed by atoms with Crippen molar-refractivity contribution < 1.29 is 0 Å². The lowest BCUT2D eigenvalue weighted by Gasteiger charge is -2.10. The van der Waals surface area contributed by atoms with Crippen LogP contribution in [0.2, 0.25) is 10.0 Å². The van der Waals surface area contributed by atoms with E-state index in [0.717, 1.165) is 21.2 Å². The summed E-state index contributed by atoms with van der Waals surface area (Å²) in [5, 5.41) is 1.16. The smallest absolute Gasteiger partial charge is 0.206 e. The minimum Gasteiger partial charge on any atom is -0.369 e. The average molecular weight is 357 g/mol. The van der Waals surface area contributed by atoms with Crippen molar-refractivity contribution in [2.75, 3.05) is 5.73 Å². The Kier molecular flexibility index (Phi) is 3.17. The molecule has 3 nitrogen and oxygen atoms in total. The first-order chi connectivity index (χ1) is 9.08. The van der Waals surface area contributed by atoms with Gasteiger partial charge >= 0.3 is 0 Å². The van der Waals surface area contributed by atoms with Crippen molar-refractivity contribution in [1.29, 1.82) is 0 Å². The van der Waals surface area contributed by atoms with Gasteiger partial charge in [-0.2, -0.15) is 0 Å². The first-order valence-electron chi connectivity index (χ1n) is 5.46. The molecule has 0 saturated carbocycles. The molecule has 2 N–H and O–H groups in total. The molecule has 0 aliphatic rings. The number of nitrogens with two attached hydrogens (primary N) is 1. The predicted octanol–water partition coefficient (Wildman–Crippen LogP) is 4.68. The predicted molar refractivity (Wildman–Crippen MR) is 83.2 cm³/mol. The maximum atomic E-state index is 6.25. The van der Waals surface area contributed by atoms with E-state index >= 15 is 0 Å². The van der Waals surface area contributed by atoms with Crippen LogP contribution in [0.1, 0.15) is 0 Å². The van der Waals surface area contributed by atoms with Crippen LogP contribution in [-0.2, 0) is 0 Å². The molecule has 0 fully saturated rings. The van der Waals surface area contributed by atoms with Gasteiger partial charge in [0.25, 0.3) is 0 Å². The minimum atomic E-state index is 0.350. The van der Waals surface area contributed by atoms with Crippen molar-refractivity contribution >= 4 is 56.1 Å². The van der Waals surface area contributed by atoms with E-state index in [2.05, 4.69) is 20.9 Å². The molecular weight excluding hydrogens is 349 g/mol. The Labute approximate surface area is 128 Å². The molecule has 1 aromatic heterocycles. The molecular formula is C13H8BrCl2N3. The summed E-state index contributed by atoms with van der Waals surface area (Å²) in [7, 11) is 0. The second kappa shape index (κ2) is 4.71. The van der Waals surface area contributed by atoms with Crippen molar-refractivity contribution in [3.05, 3.63) is 50.9 Å². The van der Waals surface area contributed by atoms with Crippen molar-refractivity contribution in [3.8, 4) is 5.69 Å². The van der Waals surface area contributed by atoms with Crippen LogP contribution in [0, 0.1) is 0 Å². The Hall–Kier alpha value is -1.23. The highest BCUT2D eigenvalue weighted by Gasteiger charge is 2.15. The highest BCUT2D eigenvalue weighted by atomic mass is 79.9. The van der Waals surface area contributed by atoms with Gasteiger partial charge in [0.05, 0.1) is 26.8 Å². The van der Waals surface area contributed by atoms with E-state index in [0.29, 0.717) is 16.0 Å². The summed E-state index contributed by atoms with van der Waals surface area (Å²) < 4.78 is 2.66. The SMILES string of the molecule is Nc1nc2cccc(Cl)c2n1-c1cc(Br)ccc1Cl. The lowest BCUT2D eigenvalue weighted by Crippen LogP contribution is -2.01. The molecule has 0 radical (unpaired) electrons. The van der Waals surface area contributed by atoms with Crippen LogP contribution in [-0.4, -0.2) is 9.55 Å². The number of imidazole rings is 1. The number of hydrogen-bond acceptors (Lipinski definition) is 2. The van der Waals surface area contributed by atoms with E-state index in [9.17, 15) is 0 Å². The molecule has 0 amide bonds.